The Bertz CT molecular complexity index is 604. The molecule has 6 heteroatoms. The lowest BCUT2D eigenvalue weighted by molar-refractivity contribution is 0.0696. The summed E-state index contributed by atoms with van der Waals surface area (Å²) in [5.41, 5.74) is 6.24. The summed E-state index contributed by atoms with van der Waals surface area (Å²) in [6.45, 7) is 0. The molecule has 0 aliphatic heterocycles. The number of pyridine rings is 1. The molecule has 0 unspecified atom stereocenters. The van der Waals surface area contributed by atoms with Gasteiger partial charge >= 0.3 is 5.97 Å². The van der Waals surface area contributed by atoms with Gasteiger partial charge in [0.25, 0.3) is 0 Å². The lowest BCUT2D eigenvalue weighted by Crippen LogP contribution is -2.00. The van der Waals surface area contributed by atoms with Gasteiger partial charge in [-0.05, 0) is 24.3 Å². The maximum Gasteiger partial charge on any atom is 0.337 e. The number of carbonyl (C=O) groups is 1. The van der Waals surface area contributed by atoms with Crippen LogP contribution in [0.1, 0.15) is 10.4 Å². The van der Waals surface area contributed by atoms with E-state index in [2.05, 4.69) is 20.9 Å². The Morgan fingerprint density at radius 1 is 1.39 bits per heavy atom. The second-order valence-electron chi connectivity index (χ2n) is 3.48. The van der Waals surface area contributed by atoms with Crippen molar-refractivity contribution in [2.45, 2.75) is 9.92 Å². The molecule has 0 aliphatic carbocycles. The number of hydrogen-bond acceptors (Lipinski definition) is 4. The van der Waals surface area contributed by atoms with Gasteiger partial charge in [0.05, 0.1) is 11.3 Å². The summed E-state index contributed by atoms with van der Waals surface area (Å²) < 4.78 is 0.966. The zero-order chi connectivity index (χ0) is 13.1. The van der Waals surface area contributed by atoms with Crippen molar-refractivity contribution < 1.29 is 9.90 Å². The number of nitrogens with two attached hydrogens (primary N) is 1. The highest BCUT2D eigenvalue weighted by molar-refractivity contribution is 9.10. The Morgan fingerprint density at radius 3 is 2.78 bits per heavy atom. The van der Waals surface area contributed by atoms with Crippen LogP contribution in [-0.2, 0) is 0 Å². The van der Waals surface area contributed by atoms with Crippen molar-refractivity contribution in [2.75, 3.05) is 5.73 Å². The number of halogens is 1. The third-order valence-corrected chi connectivity index (χ3v) is 3.65. The fourth-order valence-electron chi connectivity index (χ4n) is 1.31. The second-order valence-corrected chi connectivity index (χ2v) is 5.46. The van der Waals surface area contributed by atoms with E-state index in [0.29, 0.717) is 10.7 Å². The molecular weight excluding hydrogens is 316 g/mol. The van der Waals surface area contributed by atoms with Gasteiger partial charge in [-0.15, -0.1) is 0 Å². The van der Waals surface area contributed by atoms with E-state index >= 15 is 0 Å². The lowest BCUT2D eigenvalue weighted by atomic mass is 10.3. The number of nitrogens with zero attached hydrogens (tertiary/aromatic N) is 1. The van der Waals surface area contributed by atoms with E-state index in [4.69, 9.17) is 10.8 Å². The Morgan fingerprint density at radius 2 is 2.17 bits per heavy atom. The first-order valence-corrected chi connectivity index (χ1v) is 6.59. The number of carboxylic acids is 1. The van der Waals surface area contributed by atoms with E-state index in [-0.39, 0.29) is 5.56 Å². The Hall–Kier alpha value is -1.53. The molecule has 92 valence electrons. The summed E-state index contributed by atoms with van der Waals surface area (Å²) in [5, 5.41) is 9.41. The molecule has 0 aliphatic rings. The van der Waals surface area contributed by atoms with Crippen LogP contribution in [0.2, 0.25) is 0 Å². The summed E-state index contributed by atoms with van der Waals surface area (Å²) >= 11 is 4.77. The van der Waals surface area contributed by atoms with Gasteiger partial charge in [-0.25, -0.2) is 9.78 Å². The van der Waals surface area contributed by atoms with Crippen LogP contribution in [0, 0.1) is 0 Å². The quantitative estimate of drug-likeness (QED) is 0.906. The molecule has 0 bridgehead atoms. The van der Waals surface area contributed by atoms with Gasteiger partial charge in [0.1, 0.15) is 5.03 Å². The molecule has 0 radical (unpaired) electrons. The third kappa shape index (κ3) is 3.02. The van der Waals surface area contributed by atoms with Crippen molar-refractivity contribution in [1.82, 2.24) is 4.98 Å². The molecule has 3 N–H and O–H groups in total. The number of hydrogen-bond donors (Lipinski definition) is 2. The molecule has 1 aromatic carbocycles. The zero-order valence-corrected chi connectivity index (χ0v) is 11.5. The topological polar surface area (TPSA) is 76.2 Å². The minimum atomic E-state index is -1.03. The number of nitrogen functional groups attached to an aromatic ring is 1. The Balaban J connectivity index is 2.27. The highest BCUT2D eigenvalue weighted by Gasteiger charge is 2.09. The van der Waals surface area contributed by atoms with E-state index in [1.807, 2.05) is 24.3 Å². The van der Waals surface area contributed by atoms with Gasteiger partial charge in [-0.2, -0.15) is 0 Å². The van der Waals surface area contributed by atoms with Crippen LogP contribution >= 0.6 is 27.7 Å². The fraction of sp³-hybridized carbons (Fsp3) is 0. The van der Waals surface area contributed by atoms with E-state index in [1.165, 1.54) is 24.0 Å². The maximum atomic E-state index is 10.8. The van der Waals surface area contributed by atoms with E-state index < -0.39 is 5.97 Å². The highest BCUT2D eigenvalue weighted by Crippen LogP contribution is 2.31. The standard InChI is InChI=1S/C12H9BrN2O2S/c13-8-2-1-3-9(5-8)18-11-10(14)4-7(6-15-11)12(16)17/h1-6H,14H2,(H,16,17). The van der Waals surface area contributed by atoms with Crippen LogP contribution in [0.25, 0.3) is 0 Å². The average molecular weight is 325 g/mol. The molecule has 1 aromatic heterocycles. The molecule has 0 atom stereocenters. The summed E-state index contributed by atoms with van der Waals surface area (Å²) in [6.07, 6.45) is 1.30. The van der Waals surface area contributed by atoms with E-state index in [1.54, 1.807) is 0 Å². The van der Waals surface area contributed by atoms with Crippen molar-refractivity contribution in [3.8, 4) is 0 Å². The second kappa shape index (κ2) is 5.41. The molecule has 1 heterocycles. The summed E-state index contributed by atoms with van der Waals surface area (Å²) in [7, 11) is 0. The first-order valence-electron chi connectivity index (χ1n) is 4.98. The van der Waals surface area contributed by atoms with Crippen LogP contribution in [0.3, 0.4) is 0 Å². The lowest BCUT2D eigenvalue weighted by Gasteiger charge is -2.05. The minimum Gasteiger partial charge on any atom is -0.478 e. The number of rotatable bonds is 3. The van der Waals surface area contributed by atoms with E-state index in [9.17, 15) is 4.79 Å². The summed E-state index contributed by atoms with van der Waals surface area (Å²) in [5.74, 6) is -1.03. The smallest absolute Gasteiger partial charge is 0.337 e. The van der Waals surface area contributed by atoms with Gasteiger partial charge in [0.2, 0.25) is 0 Å². The average Bonchev–Trinajstić information content (AvgIpc) is 2.31. The van der Waals surface area contributed by atoms with Gasteiger partial charge in [-0.3, -0.25) is 0 Å². The predicted molar refractivity (Wildman–Crippen MR) is 73.9 cm³/mol. The molecule has 0 saturated carbocycles. The monoisotopic (exact) mass is 324 g/mol. The van der Waals surface area contributed by atoms with Crippen molar-refractivity contribution in [1.29, 1.82) is 0 Å². The normalized spacial score (nSPS) is 10.3. The summed E-state index contributed by atoms with van der Waals surface area (Å²) in [6, 6.07) is 9.12. The maximum absolute atomic E-state index is 10.8. The largest absolute Gasteiger partial charge is 0.478 e. The van der Waals surface area contributed by atoms with Gasteiger partial charge in [-0.1, -0.05) is 33.8 Å². The highest BCUT2D eigenvalue weighted by atomic mass is 79.9. The third-order valence-electron chi connectivity index (χ3n) is 2.14. The number of carboxylic acid groups (broad SMARTS) is 1. The molecular formula is C12H9BrN2O2S. The van der Waals surface area contributed by atoms with Crippen LogP contribution in [0.15, 0.2) is 50.9 Å². The SMILES string of the molecule is Nc1cc(C(=O)O)cnc1Sc1cccc(Br)c1. The van der Waals surface area contributed by atoms with Crippen molar-refractivity contribution in [3.05, 3.63) is 46.6 Å². The molecule has 2 aromatic rings. The molecule has 0 fully saturated rings. The first-order chi connectivity index (χ1) is 8.56. The van der Waals surface area contributed by atoms with Crippen LogP contribution in [0.4, 0.5) is 5.69 Å². The molecule has 2 rings (SSSR count). The number of aromatic carboxylic acids is 1. The zero-order valence-electron chi connectivity index (χ0n) is 9.13. The molecule has 4 nitrogen and oxygen atoms in total. The van der Waals surface area contributed by atoms with Gasteiger partial charge in [0, 0.05) is 15.6 Å². The van der Waals surface area contributed by atoms with Gasteiger partial charge in [0.15, 0.2) is 0 Å². The Labute approximate surface area is 116 Å². The molecule has 0 saturated heterocycles. The summed E-state index contributed by atoms with van der Waals surface area (Å²) in [4.78, 5) is 15.8. The van der Waals surface area contributed by atoms with Crippen molar-refractivity contribution in [2.24, 2.45) is 0 Å². The number of benzene rings is 1. The Kier molecular flexibility index (Phi) is 3.88. The van der Waals surface area contributed by atoms with Gasteiger partial charge < -0.3 is 10.8 Å². The van der Waals surface area contributed by atoms with Crippen molar-refractivity contribution in [3.63, 3.8) is 0 Å². The molecule has 0 amide bonds. The van der Waals surface area contributed by atoms with Crippen LogP contribution in [-0.4, -0.2) is 16.1 Å². The van der Waals surface area contributed by atoms with Crippen molar-refractivity contribution >= 4 is 39.3 Å². The predicted octanol–water partition coefficient (Wildman–Crippen LogP) is 3.28. The molecule has 0 spiro atoms. The minimum absolute atomic E-state index is 0.0890. The number of aromatic nitrogens is 1. The van der Waals surface area contributed by atoms with Crippen LogP contribution < -0.4 is 5.73 Å². The number of anilines is 1. The first kappa shape index (κ1) is 12.9. The fourth-order valence-corrected chi connectivity index (χ4v) is 2.70. The van der Waals surface area contributed by atoms with Crippen LogP contribution in [0.5, 0.6) is 0 Å². The molecule has 18 heavy (non-hydrogen) atoms. The van der Waals surface area contributed by atoms with E-state index in [0.717, 1.165) is 9.37 Å².